The van der Waals surface area contributed by atoms with E-state index in [0.29, 0.717) is 6.07 Å². The van der Waals surface area contributed by atoms with Crippen molar-refractivity contribution in [2.45, 2.75) is 6.18 Å². The quantitative estimate of drug-likeness (QED) is 0.853. The number of carbonyl (C=O) groups excluding carboxylic acids is 2. The molecule has 24 heavy (non-hydrogen) atoms. The Morgan fingerprint density at radius 2 is 1.92 bits per heavy atom. The van der Waals surface area contributed by atoms with Gasteiger partial charge in [-0.25, -0.2) is 4.98 Å². The van der Waals surface area contributed by atoms with Crippen molar-refractivity contribution in [3.63, 3.8) is 0 Å². The van der Waals surface area contributed by atoms with Gasteiger partial charge in [-0.3, -0.25) is 14.5 Å². The number of aromatic nitrogens is 1. The molecule has 126 valence electrons. The van der Waals surface area contributed by atoms with Crippen LogP contribution in [0.4, 0.5) is 24.7 Å². The van der Waals surface area contributed by atoms with E-state index in [1.54, 1.807) is 12.1 Å². The van der Waals surface area contributed by atoms with Crippen LogP contribution in [0, 0.1) is 0 Å². The number of hydrogen-bond acceptors (Lipinski definition) is 3. The number of para-hydroxylation sites is 1. The first kappa shape index (κ1) is 17.7. The maximum atomic E-state index is 12.9. The number of nitrogens with one attached hydrogen (secondary N) is 1. The van der Waals surface area contributed by atoms with Crippen molar-refractivity contribution in [2.24, 2.45) is 0 Å². The first-order valence-electron chi connectivity index (χ1n) is 6.59. The zero-order valence-electron chi connectivity index (χ0n) is 12.3. The lowest BCUT2D eigenvalue weighted by molar-refractivity contribution is -0.141. The van der Waals surface area contributed by atoms with E-state index >= 15 is 0 Å². The van der Waals surface area contributed by atoms with E-state index in [2.05, 4.69) is 10.3 Å². The Bertz CT molecular complexity index is 781. The number of carbonyl (C=O) groups is 2. The maximum absolute atomic E-state index is 12.9. The van der Waals surface area contributed by atoms with Crippen LogP contribution in [0.15, 0.2) is 36.4 Å². The van der Waals surface area contributed by atoms with Gasteiger partial charge in [-0.15, -0.1) is 0 Å². The lowest BCUT2D eigenvalue weighted by Crippen LogP contribution is -2.26. The molecule has 0 atom stereocenters. The molecule has 0 aliphatic rings. The highest BCUT2D eigenvalue weighted by Crippen LogP contribution is 2.34. The molecule has 0 fully saturated rings. The van der Waals surface area contributed by atoms with Gasteiger partial charge in [-0.1, -0.05) is 23.7 Å². The fourth-order valence-corrected chi connectivity index (χ4v) is 2.20. The number of anilines is 2. The smallest absolute Gasteiger partial charge is 0.355 e. The summed E-state index contributed by atoms with van der Waals surface area (Å²) in [4.78, 5) is 27.7. The predicted molar refractivity (Wildman–Crippen MR) is 82.3 cm³/mol. The van der Waals surface area contributed by atoms with E-state index in [0.717, 1.165) is 11.0 Å². The van der Waals surface area contributed by atoms with Crippen LogP contribution in [0.1, 0.15) is 16.1 Å². The Kier molecular flexibility index (Phi) is 5.08. The Balaban J connectivity index is 2.70. The third-order valence-corrected chi connectivity index (χ3v) is 3.40. The van der Waals surface area contributed by atoms with Gasteiger partial charge in [-0.2, -0.15) is 13.2 Å². The summed E-state index contributed by atoms with van der Waals surface area (Å²) in [7, 11) is 1.31. The SMILES string of the molecule is CNC(=O)c1ccc(C(F)(F)F)nc1N(C=O)c1ccccc1Cl. The van der Waals surface area contributed by atoms with Crippen LogP contribution in [0.25, 0.3) is 0 Å². The molecule has 0 saturated carbocycles. The predicted octanol–water partition coefficient (Wildman–Crippen LogP) is 3.41. The minimum atomic E-state index is -4.73. The number of alkyl halides is 3. The molecule has 2 aromatic rings. The average Bonchev–Trinajstić information content (AvgIpc) is 2.55. The van der Waals surface area contributed by atoms with Crippen LogP contribution >= 0.6 is 11.6 Å². The summed E-state index contributed by atoms with van der Waals surface area (Å²) in [6, 6.07) is 7.65. The van der Waals surface area contributed by atoms with Crippen LogP contribution < -0.4 is 10.2 Å². The molecule has 0 bridgehead atoms. The highest BCUT2D eigenvalue weighted by molar-refractivity contribution is 6.33. The number of pyridine rings is 1. The molecule has 9 heteroatoms. The van der Waals surface area contributed by atoms with E-state index in [-0.39, 0.29) is 22.7 Å². The van der Waals surface area contributed by atoms with Crippen LogP contribution in [-0.4, -0.2) is 24.3 Å². The normalized spacial score (nSPS) is 11.0. The van der Waals surface area contributed by atoms with E-state index in [1.165, 1.54) is 19.2 Å². The second-order valence-corrected chi connectivity index (χ2v) is 4.98. The summed E-state index contributed by atoms with van der Waals surface area (Å²) in [6.45, 7) is 0. The standard InChI is InChI=1S/C15H11ClF3N3O2/c1-20-14(24)9-6-7-12(15(17,18)19)21-13(9)22(8-23)11-5-3-2-4-10(11)16/h2-8H,1H3,(H,20,24). The molecule has 1 N–H and O–H groups in total. The van der Waals surface area contributed by atoms with Gasteiger partial charge in [0.05, 0.1) is 16.3 Å². The number of amides is 2. The summed E-state index contributed by atoms with van der Waals surface area (Å²) >= 11 is 5.99. The molecular weight excluding hydrogens is 347 g/mol. The molecule has 0 radical (unpaired) electrons. The van der Waals surface area contributed by atoms with Crippen molar-refractivity contribution in [2.75, 3.05) is 11.9 Å². The summed E-state index contributed by atoms with van der Waals surface area (Å²) in [5.41, 5.74) is -1.33. The first-order valence-corrected chi connectivity index (χ1v) is 6.96. The van der Waals surface area contributed by atoms with Gasteiger partial charge in [0, 0.05) is 7.05 Å². The molecule has 2 rings (SSSR count). The number of halogens is 4. The topological polar surface area (TPSA) is 62.3 Å². The van der Waals surface area contributed by atoms with E-state index < -0.39 is 23.6 Å². The zero-order valence-corrected chi connectivity index (χ0v) is 13.0. The number of nitrogens with zero attached hydrogens (tertiary/aromatic N) is 2. The summed E-state index contributed by atoms with van der Waals surface area (Å²) in [6.07, 6.45) is -4.48. The third kappa shape index (κ3) is 3.48. The Morgan fingerprint density at radius 1 is 1.25 bits per heavy atom. The van der Waals surface area contributed by atoms with Crippen molar-refractivity contribution >= 4 is 35.4 Å². The zero-order chi connectivity index (χ0) is 17.9. The fraction of sp³-hybridized carbons (Fsp3) is 0.133. The van der Waals surface area contributed by atoms with Gasteiger partial charge >= 0.3 is 6.18 Å². The Labute approximate surface area is 140 Å². The Morgan fingerprint density at radius 3 is 2.46 bits per heavy atom. The average molecular weight is 358 g/mol. The highest BCUT2D eigenvalue weighted by Gasteiger charge is 2.34. The van der Waals surface area contributed by atoms with Gasteiger partial charge in [-0.05, 0) is 24.3 Å². The van der Waals surface area contributed by atoms with E-state index in [1.807, 2.05) is 0 Å². The highest BCUT2D eigenvalue weighted by atomic mass is 35.5. The van der Waals surface area contributed by atoms with Crippen molar-refractivity contribution in [1.29, 1.82) is 0 Å². The molecule has 1 aromatic carbocycles. The second kappa shape index (κ2) is 6.88. The second-order valence-electron chi connectivity index (χ2n) is 4.57. The minimum absolute atomic E-state index is 0.103. The Hall–Kier alpha value is -2.61. The molecule has 0 saturated heterocycles. The molecular formula is C15H11ClF3N3O2. The molecule has 0 unspecified atom stereocenters. The number of benzene rings is 1. The third-order valence-electron chi connectivity index (χ3n) is 3.08. The van der Waals surface area contributed by atoms with Crippen molar-refractivity contribution < 1.29 is 22.8 Å². The summed E-state index contributed by atoms with van der Waals surface area (Å²) in [5.74, 6) is -1.16. The number of rotatable bonds is 4. The molecule has 1 aromatic heterocycles. The monoisotopic (exact) mass is 357 g/mol. The van der Waals surface area contributed by atoms with E-state index in [9.17, 15) is 22.8 Å². The van der Waals surface area contributed by atoms with E-state index in [4.69, 9.17) is 11.6 Å². The van der Waals surface area contributed by atoms with Crippen LogP contribution in [-0.2, 0) is 11.0 Å². The summed E-state index contributed by atoms with van der Waals surface area (Å²) in [5, 5.41) is 2.41. The minimum Gasteiger partial charge on any atom is -0.355 e. The molecule has 0 aliphatic carbocycles. The lowest BCUT2D eigenvalue weighted by Gasteiger charge is -2.21. The van der Waals surface area contributed by atoms with Gasteiger partial charge in [0.15, 0.2) is 5.82 Å². The van der Waals surface area contributed by atoms with Gasteiger partial charge < -0.3 is 5.32 Å². The molecule has 5 nitrogen and oxygen atoms in total. The first-order chi connectivity index (χ1) is 11.3. The van der Waals surface area contributed by atoms with Crippen LogP contribution in [0.5, 0.6) is 0 Å². The lowest BCUT2D eigenvalue weighted by atomic mass is 10.2. The van der Waals surface area contributed by atoms with Gasteiger partial charge in [0.25, 0.3) is 5.91 Å². The van der Waals surface area contributed by atoms with Crippen molar-refractivity contribution in [3.05, 3.63) is 52.7 Å². The van der Waals surface area contributed by atoms with Crippen molar-refractivity contribution in [1.82, 2.24) is 10.3 Å². The molecule has 0 spiro atoms. The van der Waals surface area contributed by atoms with Crippen LogP contribution in [0.2, 0.25) is 5.02 Å². The summed E-state index contributed by atoms with van der Waals surface area (Å²) < 4.78 is 38.8. The van der Waals surface area contributed by atoms with Crippen LogP contribution in [0.3, 0.4) is 0 Å². The van der Waals surface area contributed by atoms with Gasteiger partial charge in [0.1, 0.15) is 5.69 Å². The van der Waals surface area contributed by atoms with Gasteiger partial charge in [0.2, 0.25) is 6.41 Å². The van der Waals surface area contributed by atoms with Crippen molar-refractivity contribution in [3.8, 4) is 0 Å². The molecule has 0 aliphatic heterocycles. The maximum Gasteiger partial charge on any atom is 0.433 e. The number of hydrogen-bond donors (Lipinski definition) is 1. The largest absolute Gasteiger partial charge is 0.433 e. The molecule has 1 heterocycles. The fourth-order valence-electron chi connectivity index (χ4n) is 1.97. The molecule has 2 amide bonds.